The summed E-state index contributed by atoms with van der Waals surface area (Å²) in [6, 6.07) is 39.1. The number of nitrogens with zero attached hydrogens (tertiary/aromatic N) is 1. The van der Waals surface area contributed by atoms with Crippen LogP contribution in [0.4, 0.5) is 16.2 Å². The number of hydrogen-bond donors (Lipinski definition) is 6. The third-order valence-electron chi connectivity index (χ3n) is 11.1. The van der Waals surface area contributed by atoms with Crippen molar-refractivity contribution in [1.29, 1.82) is 0 Å². The molecule has 1 saturated heterocycles. The minimum Gasteiger partial charge on any atom is -0.506 e. The van der Waals surface area contributed by atoms with Gasteiger partial charge in [0.05, 0.1) is 37.4 Å². The molecule has 0 radical (unpaired) electrons. The van der Waals surface area contributed by atoms with Crippen LogP contribution in [0.3, 0.4) is 0 Å². The third kappa shape index (κ3) is 11.2. The predicted molar refractivity (Wildman–Crippen MR) is 234 cm³/mol. The van der Waals surface area contributed by atoms with E-state index in [1.54, 1.807) is 12.1 Å². The van der Waals surface area contributed by atoms with E-state index in [0.29, 0.717) is 41.9 Å². The standard InChI is InChI=1S/C48H51N5O7/c1-53(28-29-59-37-10-6-3-7-11-37)26-24-38(25-27-53)60-48(58)51-42-30-33(14-18-39(42)35-8-4-2-5-9-35)15-22-45(56)50-36-16-12-34(13-17-36)31-49-32-44(55)40-19-21-43(54)47-41(40)20-23-46(57)52-47/h2-14,16-21,23,30,38,44,49,55H,15,22,24-29,31-32H2,1H3,(H3-,50,51,52,54,56,57,58)/p+1/t38?,44-,53?/m1/s1. The number of benzene rings is 5. The SMILES string of the molecule is C[N+]1(CCOc2ccccc2)CCC(OC(=O)Nc2cc(CCC(=O)Nc3ccc(CNC[C@@H](O)c4ccc(O)c5[nH]c(=O)ccc45)cc3)ccc2-c2ccccc2)CC1. The van der Waals surface area contributed by atoms with Gasteiger partial charge >= 0.3 is 6.09 Å². The minimum absolute atomic E-state index is 0.0583. The topological polar surface area (TPSA) is 162 Å². The van der Waals surface area contributed by atoms with Gasteiger partial charge in [-0.1, -0.05) is 78.9 Å². The molecule has 1 aliphatic heterocycles. The summed E-state index contributed by atoms with van der Waals surface area (Å²) in [6.07, 6.45) is 0.706. The van der Waals surface area contributed by atoms with E-state index in [1.165, 1.54) is 12.1 Å². The first-order valence-electron chi connectivity index (χ1n) is 20.4. The number of pyridine rings is 1. The van der Waals surface area contributed by atoms with Gasteiger partial charge in [-0.2, -0.15) is 0 Å². The number of amides is 2. The number of aromatic amines is 1. The van der Waals surface area contributed by atoms with Crippen molar-refractivity contribution in [3.63, 3.8) is 0 Å². The van der Waals surface area contributed by atoms with E-state index in [0.717, 1.165) is 65.0 Å². The second kappa shape index (κ2) is 19.5. The monoisotopic (exact) mass is 810 g/mol. The van der Waals surface area contributed by atoms with Gasteiger partial charge in [-0.3, -0.25) is 14.9 Å². The Balaban J connectivity index is 0.882. The number of likely N-dealkylation sites (tertiary alicyclic amines) is 1. The molecule has 0 bridgehead atoms. The number of para-hydroxylation sites is 1. The molecule has 6 aromatic rings. The molecule has 0 unspecified atom stereocenters. The smallest absolute Gasteiger partial charge is 0.411 e. The number of quaternary nitrogens is 1. The van der Waals surface area contributed by atoms with Crippen molar-refractivity contribution < 1.29 is 33.8 Å². The molecule has 0 saturated carbocycles. The molecule has 12 heteroatoms. The number of carbonyl (C=O) groups is 2. The summed E-state index contributed by atoms with van der Waals surface area (Å²) in [5.74, 6) is 0.674. The Hall–Kier alpha value is -6.47. The van der Waals surface area contributed by atoms with Crippen molar-refractivity contribution in [2.24, 2.45) is 0 Å². The fourth-order valence-corrected chi connectivity index (χ4v) is 7.62. The van der Waals surface area contributed by atoms with Gasteiger partial charge in [-0.15, -0.1) is 0 Å². The first kappa shape index (κ1) is 41.7. The van der Waals surface area contributed by atoms with Crippen LogP contribution in [0.15, 0.2) is 132 Å². The highest BCUT2D eigenvalue weighted by atomic mass is 16.6. The van der Waals surface area contributed by atoms with Crippen molar-refractivity contribution in [2.45, 2.75) is 44.4 Å². The zero-order valence-corrected chi connectivity index (χ0v) is 33.7. The number of H-pyrrole nitrogens is 1. The summed E-state index contributed by atoms with van der Waals surface area (Å²) in [4.78, 5) is 40.7. The van der Waals surface area contributed by atoms with E-state index in [9.17, 15) is 24.6 Å². The van der Waals surface area contributed by atoms with Gasteiger partial charge in [0.1, 0.15) is 30.8 Å². The highest BCUT2D eigenvalue weighted by molar-refractivity contribution is 5.93. The molecular formula is C48H52N5O7+. The number of ether oxygens (including phenoxy) is 2. The number of aromatic hydroxyl groups is 1. The molecule has 7 rings (SSSR count). The Bertz CT molecular complexity index is 2430. The lowest BCUT2D eigenvalue weighted by Gasteiger charge is -2.40. The number of piperidine rings is 1. The van der Waals surface area contributed by atoms with Crippen molar-refractivity contribution in [3.05, 3.63) is 154 Å². The maximum atomic E-state index is 13.3. The molecule has 310 valence electrons. The van der Waals surface area contributed by atoms with Crippen molar-refractivity contribution in [2.75, 3.05) is 50.5 Å². The van der Waals surface area contributed by atoms with Gasteiger partial charge in [0.25, 0.3) is 0 Å². The average molecular weight is 811 g/mol. The Labute approximate surface area is 349 Å². The molecule has 1 fully saturated rings. The Morgan fingerprint density at radius 3 is 2.32 bits per heavy atom. The first-order chi connectivity index (χ1) is 29.1. The van der Waals surface area contributed by atoms with Gasteiger partial charge in [0, 0.05) is 55.1 Å². The van der Waals surface area contributed by atoms with Crippen LogP contribution in [0.2, 0.25) is 0 Å². The Kier molecular flexibility index (Phi) is 13.6. The van der Waals surface area contributed by atoms with E-state index in [4.69, 9.17) is 9.47 Å². The zero-order chi connectivity index (χ0) is 41.9. The summed E-state index contributed by atoms with van der Waals surface area (Å²) in [5.41, 5.74) is 5.52. The van der Waals surface area contributed by atoms with E-state index in [2.05, 4.69) is 28.0 Å². The molecule has 1 atom stereocenters. The van der Waals surface area contributed by atoms with Crippen LogP contribution in [-0.4, -0.2) is 77.6 Å². The number of phenols is 1. The van der Waals surface area contributed by atoms with E-state index in [1.807, 2.05) is 103 Å². The summed E-state index contributed by atoms with van der Waals surface area (Å²) in [5, 5.41) is 30.8. The summed E-state index contributed by atoms with van der Waals surface area (Å²) >= 11 is 0. The van der Waals surface area contributed by atoms with E-state index >= 15 is 0 Å². The number of aliphatic hydroxyl groups excluding tert-OH is 1. The van der Waals surface area contributed by atoms with Crippen molar-refractivity contribution in [3.8, 4) is 22.6 Å². The van der Waals surface area contributed by atoms with Gasteiger partial charge in [0.2, 0.25) is 11.5 Å². The zero-order valence-electron chi connectivity index (χ0n) is 33.7. The predicted octanol–water partition coefficient (Wildman–Crippen LogP) is 7.53. The van der Waals surface area contributed by atoms with Gasteiger partial charge in [-0.05, 0) is 71.1 Å². The van der Waals surface area contributed by atoms with E-state index in [-0.39, 0.29) is 41.8 Å². The van der Waals surface area contributed by atoms with Crippen molar-refractivity contribution >= 4 is 34.3 Å². The molecule has 6 N–H and O–H groups in total. The molecule has 2 amide bonds. The lowest BCUT2D eigenvalue weighted by Crippen LogP contribution is -2.53. The van der Waals surface area contributed by atoms with Crippen molar-refractivity contribution in [1.82, 2.24) is 10.3 Å². The summed E-state index contributed by atoms with van der Waals surface area (Å²) < 4.78 is 12.8. The molecule has 5 aromatic carbocycles. The number of fused-ring (bicyclic) bond motifs is 1. The molecule has 2 heterocycles. The number of aryl methyl sites for hydroxylation is 1. The molecule has 1 aliphatic rings. The quantitative estimate of drug-likeness (QED) is 0.0547. The summed E-state index contributed by atoms with van der Waals surface area (Å²) in [6.45, 7) is 4.01. The molecule has 60 heavy (non-hydrogen) atoms. The van der Waals surface area contributed by atoms with Gasteiger partial charge in [-0.25, -0.2) is 4.79 Å². The highest BCUT2D eigenvalue weighted by Crippen LogP contribution is 2.31. The number of carbonyl (C=O) groups excluding carboxylic acids is 2. The fraction of sp³-hybridized carbons (Fsp3) is 0.271. The van der Waals surface area contributed by atoms with Crippen LogP contribution < -0.4 is 26.2 Å². The van der Waals surface area contributed by atoms with Crippen LogP contribution >= 0.6 is 0 Å². The maximum absolute atomic E-state index is 13.3. The number of nitrogens with one attached hydrogen (secondary N) is 4. The van der Waals surface area contributed by atoms with E-state index < -0.39 is 12.2 Å². The maximum Gasteiger partial charge on any atom is 0.411 e. The number of rotatable bonds is 16. The number of aliphatic hydroxyl groups is 1. The molecule has 0 aliphatic carbocycles. The summed E-state index contributed by atoms with van der Waals surface area (Å²) in [7, 11) is 2.23. The van der Waals surface area contributed by atoms with Crippen LogP contribution in [0.25, 0.3) is 22.0 Å². The van der Waals surface area contributed by atoms with Gasteiger partial charge < -0.3 is 39.8 Å². The second-order valence-corrected chi connectivity index (χ2v) is 15.6. The molecule has 12 nitrogen and oxygen atoms in total. The van der Waals surface area contributed by atoms with Gasteiger partial charge in [0.15, 0.2) is 0 Å². The average Bonchev–Trinajstić information content (AvgIpc) is 3.25. The Morgan fingerprint density at radius 1 is 0.850 bits per heavy atom. The van der Waals surface area contributed by atoms with Crippen LogP contribution in [0.5, 0.6) is 11.5 Å². The number of hydrogen-bond acceptors (Lipinski definition) is 8. The molecule has 1 aromatic heterocycles. The van der Waals surface area contributed by atoms with Crippen LogP contribution in [-0.2, 0) is 22.5 Å². The molecule has 0 spiro atoms. The lowest BCUT2D eigenvalue weighted by molar-refractivity contribution is -0.915. The van der Waals surface area contributed by atoms with Crippen LogP contribution in [0.1, 0.15) is 42.1 Å². The minimum atomic E-state index is -0.872. The first-order valence-corrected chi connectivity index (χ1v) is 20.4. The number of aromatic nitrogens is 1. The normalized spacial score (nSPS) is 16.8. The number of anilines is 2. The Morgan fingerprint density at radius 2 is 1.57 bits per heavy atom. The second-order valence-electron chi connectivity index (χ2n) is 15.6. The largest absolute Gasteiger partial charge is 0.506 e. The number of likely N-dealkylation sites (N-methyl/N-ethyl adjacent to an activating group) is 1. The fourth-order valence-electron chi connectivity index (χ4n) is 7.62. The van der Waals surface area contributed by atoms with Crippen LogP contribution in [0, 0.1) is 0 Å². The highest BCUT2D eigenvalue weighted by Gasteiger charge is 2.32. The molecular weight excluding hydrogens is 759 g/mol. The lowest BCUT2D eigenvalue weighted by atomic mass is 9.99. The number of phenolic OH excluding ortho intramolecular Hbond substituents is 1. The third-order valence-corrected chi connectivity index (χ3v) is 11.1.